The van der Waals surface area contributed by atoms with Crippen LogP contribution in [-0.2, 0) is 0 Å². The Bertz CT molecular complexity index is 127. The minimum Gasteiger partial charge on any atom is -0.315 e. The highest BCUT2D eigenvalue weighted by Gasteiger charge is 2.23. The van der Waals surface area contributed by atoms with E-state index in [0.29, 0.717) is 11.5 Å². The van der Waals surface area contributed by atoms with E-state index >= 15 is 0 Å². The molecule has 2 nitrogen and oxygen atoms in total. The quantitative estimate of drug-likeness (QED) is 0.706. The van der Waals surface area contributed by atoms with E-state index in [9.17, 15) is 0 Å². The summed E-state index contributed by atoms with van der Waals surface area (Å²) in [6, 6.07) is 0.573. The van der Waals surface area contributed by atoms with E-state index in [0.717, 1.165) is 6.54 Å². The van der Waals surface area contributed by atoms with Crippen LogP contribution in [-0.4, -0.2) is 38.1 Å². The Balaban J connectivity index is 3.98. The highest BCUT2D eigenvalue weighted by atomic mass is 15.1. The lowest BCUT2D eigenvalue weighted by Crippen LogP contribution is -2.46. The number of hydrogen-bond donors (Lipinski definition) is 1. The summed E-state index contributed by atoms with van der Waals surface area (Å²) < 4.78 is 0. The predicted octanol–water partition coefficient (Wildman–Crippen LogP) is 1.96. The lowest BCUT2D eigenvalue weighted by Gasteiger charge is -2.33. The van der Waals surface area contributed by atoms with Gasteiger partial charge in [-0.2, -0.15) is 0 Å². The van der Waals surface area contributed by atoms with Crippen LogP contribution >= 0.6 is 0 Å². The third-order valence-electron chi connectivity index (χ3n) is 2.49. The Kier molecular flexibility index (Phi) is 5.57. The molecule has 0 aromatic carbocycles. The average Bonchev–Trinajstić information content (AvgIpc) is 1.98. The fourth-order valence-corrected chi connectivity index (χ4v) is 1.58. The first kappa shape index (κ1) is 12.9. The Labute approximate surface area is 83.7 Å². The summed E-state index contributed by atoms with van der Waals surface area (Å²) in [5.74, 6) is 0. The first-order valence-electron chi connectivity index (χ1n) is 5.27. The molecule has 0 aliphatic carbocycles. The van der Waals surface area contributed by atoms with Gasteiger partial charge < -0.3 is 10.2 Å². The SMILES string of the molecule is CCCN(C)CC(NC)C(C)(C)C. The zero-order chi connectivity index (χ0) is 10.5. The van der Waals surface area contributed by atoms with Crippen LogP contribution in [0.4, 0.5) is 0 Å². The van der Waals surface area contributed by atoms with Crippen LogP contribution in [0.5, 0.6) is 0 Å². The molecule has 0 heterocycles. The third-order valence-corrected chi connectivity index (χ3v) is 2.49. The van der Waals surface area contributed by atoms with Gasteiger partial charge in [0.2, 0.25) is 0 Å². The fourth-order valence-electron chi connectivity index (χ4n) is 1.58. The minimum atomic E-state index is 0.344. The maximum absolute atomic E-state index is 3.39. The molecule has 1 atom stereocenters. The third kappa shape index (κ3) is 5.27. The number of hydrogen-bond acceptors (Lipinski definition) is 2. The Morgan fingerprint density at radius 3 is 2.15 bits per heavy atom. The van der Waals surface area contributed by atoms with Crippen molar-refractivity contribution >= 4 is 0 Å². The number of nitrogens with zero attached hydrogens (tertiary/aromatic N) is 1. The molecule has 0 radical (unpaired) electrons. The van der Waals surface area contributed by atoms with Gasteiger partial charge in [-0.1, -0.05) is 27.7 Å². The van der Waals surface area contributed by atoms with Crippen molar-refractivity contribution in [2.75, 3.05) is 27.2 Å². The topological polar surface area (TPSA) is 15.3 Å². The van der Waals surface area contributed by atoms with E-state index in [4.69, 9.17) is 0 Å². The fraction of sp³-hybridized carbons (Fsp3) is 1.00. The molecule has 1 N–H and O–H groups in total. The first-order valence-corrected chi connectivity index (χ1v) is 5.27. The van der Waals surface area contributed by atoms with Gasteiger partial charge in [-0.15, -0.1) is 0 Å². The van der Waals surface area contributed by atoms with E-state index in [-0.39, 0.29) is 0 Å². The summed E-state index contributed by atoms with van der Waals surface area (Å²) in [7, 11) is 4.25. The van der Waals surface area contributed by atoms with E-state index in [2.05, 4.69) is 52.0 Å². The molecule has 0 aliphatic rings. The molecule has 0 saturated heterocycles. The van der Waals surface area contributed by atoms with E-state index in [1.54, 1.807) is 0 Å². The standard InChI is InChI=1S/C11H26N2/c1-7-8-13(6)9-10(12-5)11(2,3)4/h10,12H,7-9H2,1-6H3. The van der Waals surface area contributed by atoms with Crippen molar-refractivity contribution in [2.45, 2.75) is 40.2 Å². The van der Waals surface area contributed by atoms with Gasteiger partial charge in [-0.05, 0) is 32.5 Å². The van der Waals surface area contributed by atoms with Crippen molar-refractivity contribution in [2.24, 2.45) is 5.41 Å². The molecule has 0 aromatic heterocycles. The monoisotopic (exact) mass is 186 g/mol. The van der Waals surface area contributed by atoms with Gasteiger partial charge in [0, 0.05) is 12.6 Å². The molecule has 0 saturated carbocycles. The second-order valence-electron chi connectivity index (χ2n) is 4.97. The largest absolute Gasteiger partial charge is 0.315 e. The second-order valence-corrected chi connectivity index (χ2v) is 4.97. The molecule has 0 aromatic rings. The normalized spacial score (nSPS) is 15.0. The smallest absolute Gasteiger partial charge is 0.0240 e. The van der Waals surface area contributed by atoms with E-state index in [1.165, 1.54) is 13.0 Å². The Morgan fingerprint density at radius 2 is 1.85 bits per heavy atom. The Hall–Kier alpha value is -0.0800. The molecular weight excluding hydrogens is 160 g/mol. The predicted molar refractivity (Wildman–Crippen MR) is 60.1 cm³/mol. The summed E-state index contributed by atoms with van der Waals surface area (Å²) in [4.78, 5) is 2.40. The molecule has 0 rings (SSSR count). The highest BCUT2D eigenvalue weighted by molar-refractivity contribution is 4.81. The van der Waals surface area contributed by atoms with Crippen LogP contribution < -0.4 is 5.32 Å². The molecule has 0 fully saturated rings. The van der Waals surface area contributed by atoms with Gasteiger partial charge in [-0.3, -0.25) is 0 Å². The van der Waals surface area contributed by atoms with Gasteiger partial charge in [0.15, 0.2) is 0 Å². The number of rotatable bonds is 5. The van der Waals surface area contributed by atoms with Crippen LogP contribution in [0.15, 0.2) is 0 Å². The van der Waals surface area contributed by atoms with Crippen LogP contribution in [0.3, 0.4) is 0 Å². The maximum atomic E-state index is 3.39. The molecule has 1 unspecified atom stereocenters. The van der Waals surface area contributed by atoms with Gasteiger partial charge in [0.05, 0.1) is 0 Å². The molecule has 2 heteroatoms. The highest BCUT2D eigenvalue weighted by Crippen LogP contribution is 2.19. The number of nitrogens with one attached hydrogen (secondary N) is 1. The molecular formula is C11H26N2. The van der Waals surface area contributed by atoms with Crippen LogP contribution in [0, 0.1) is 5.41 Å². The lowest BCUT2D eigenvalue weighted by molar-refractivity contribution is 0.202. The maximum Gasteiger partial charge on any atom is 0.0240 e. The van der Waals surface area contributed by atoms with Crippen molar-refractivity contribution in [3.8, 4) is 0 Å². The molecule has 13 heavy (non-hydrogen) atoms. The average molecular weight is 186 g/mol. The van der Waals surface area contributed by atoms with E-state index < -0.39 is 0 Å². The molecule has 0 aliphatic heterocycles. The summed E-state index contributed by atoms with van der Waals surface area (Å²) >= 11 is 0. The van der Waals surface area contributed by atoms with Crippen molar-refractivity contribution in [1.82, 2.24) is 10.2 Å². The molecule has 0 amide bonds. The van der Waals surface area contributed by atoms with Gasteiger partial charge in [0.25, 0.3) is 0 Å². The van der Waals surface area contributed by atoms with Gasteiger partial charge in [-0.25, -0.2) is 0 Å². The number of likely N-dealkylation sites (N-methyl/N-ethyl adjacent to an activating group) is 2. The van der Waals surface area contributed by atoms with Crippen molar-refractivity contribution < 1.29 is 0 Å². The second kappa shape index (κ2) is 5.61. The van der Waals surface area contributed by atoms with Crippen LogP contribution in [0.25, 0.3) is 0 Å². The lowest BCUT2D eigenvalue weighted by atomic mass is 9.86. The summed E-state index contributed by atoms with van der Waals surface area (Å²) in [5.41, 5.74) is 0.344. The van der Waals surface area contributed by atoms with E-state index in [1.807, 2.05) is 0 Å². The Morgan fingerprint density at radius 1 is 1.31 bits per heavy atom. The van der Waals surface area contributed by atoms with Gasteiger partial charge in [0.1, 0.15) is 0 Å². The zero-order valence-corrected chi connectivity index (χ0v) is 10.1. The van der Waals surface area contributed by atoms with Crippen molar-refractivity contribution in [3.63, 3.8) is 0 Å². The van der Waals surface area contributed by atoms with Crippen LogP contribution in [0.2, 0.25) is 0 Å². The molecule has 80 valence electrons. The van der Waals surface area contributed by atoms with Crippen molar-refractivity contribution in [3.05, 3.63) is 0 Å². The zero-order valence-electron chi connectivity index (χ0n) is 10.1. The molecule has 0 spiro atoms. The first-order chi connectivity index (χ1) is 5.91. The van der Waals surface area contributed by atoms with Crippen LogP contribution in [0.1, 0.15) is 34.1 Å². The minimum absolute atomic E-state index is 0.344. The van der Waals surface area contributed by atoms with Crippen molar-refractivity contribution in [1.29, 1.82) is 0 Å². The summed E-state index contributed by atoms with van der Waals surface area (Å²) in [6.45, 7) is 11.4. The summed E-state index contributed by atoms with van der Waals surface area (Å²) in [5, 5.41) is 3.39. The summed E-state index contributed by atoms with van der Waals surface area (Å²) in [6.07, 6.45) is 1.23. The molecule has 0 bridgehead atoms. The van der Waals surface area contributed by atoms with Gasteiger partial charge >= 0.3 is 0 Å².